The number of amides is 2. The molecule has 0 fully saturated rings. The van der Waals surface area contributed by atoms with Crippen LogP contribution in [-0.4, -0.2) is 36.4 Å². The Kier molecular flexibility index (Phi) is 7.34. The Morgan fingerprint density at radius 2 is 1.70 bits per heavy atom. The summed E-state index contributed by atoms with van der Waals surface area (Å²) in [5, 5.41) is 5.66. The lowest BCUT2D eigenvalue weighted by Gasteiger charge is -2.21. The Balaban J connectivity index is 2.05. The Morgan fingerprint density at radius 1 is 1.04 bits per heavy atom. The zero-order valence-corrected chi connectivity index (χ0v) is 16.5. The van der Waals surface area contributed by atoms with E-state index in [1.807, 2.05) is 38.1 Å². The summed E-state index contributed by atoms with van der Waals surface area (Å²) in [5.74, 6) is -0.189. The van der Waals surface area contributed by atoms with E-state index < -0.39 is 0 Å². The lowest BCUT2D eigenvalue weighted by Crippen LogP contribution is -2.27. The highest BCUT2D eigenvalue weighted by molar-refractivity contribution is 6.04. The molecule has 2 aromatic rings. The number of anilines is 2. The van der Waals surface area contributed by atoms with Gasteiger partial charge in [0.25, 0.3) is 11.8 Å². The molecule has 0 saturated carbocycles. The van der Waals surface area contributed by atoms with E-state index in [9.17, 15) is 9.59 Å². The summed E-state index contributed by atoms with van der Waals surface area (Å²) < 4.78 is 0. The van der Waals surface area contributed by atoms with Crippen LogP contribution >= 0.6 is 0 Å². The SMILES string of the molecule is CCN(CC)c1ccc(NC(=O)c2cc(C(=O)NCC(C)C)ccn2)cc1. The van der Waals surface area contributed by atoms with Crippen LogP contribution in [-0.2, 0) is 0 Å². The Hall–Kier alpha value is -2.89. The molecule has 0 aliphatic heterocycles. The molecule has 2 rings (SSSR count). The van der Waals surface area contributed by atoms with E-state index >= 15 is 0 Å². The zero-order valence-electron chi connectivity index (χ0n) is 16.5. The third kappa shape index (κ3) is 5.81. The maximum Gasteiger partial charge on any atom is 0.274 e. The average Bonchev–Trinajstić information content (AvgIpc) is 2.68. The van der Waals surface area contributed by atoms with Gasteiger partial charge in [0.1, 0.15) is 5.69 Å². The van der Waals surface area contributed by atoms with Crippen LogP contribution in [0.3, 0.4) is 0 Å². The molecule has 0 aliphatic rings. The third-order valence-corrected chi connectivity index (χ3v) is 4.18. The van der Waals surface area contributed by atoms with Crippen molar-refractivity contribution in [3.05, 3.63) is 53.9 Å². The second kappa shape index (κ2) is 9.71. The Bertz CT molecular complexity index is 768. The maximum atomic E-state index is 12.5. The van der Waals surface area contributed by atoms with Gasteiger partial charge in [-0.3, -0.25) is 14.6 Å². The highest BCUT2D eigenvalue weighted by Gasteiger charge is 2.12. The quantitative estimate of drug-likeness (QED) is 0.747. The lowest BCUT2D eigenvalue weighted by molar-refractivity contribution is 0.0949. The van der Waals surface area contributed by atoms with Crippen LogP contribution in [0.15, 0.2) is 42.6 Å². The largest absolute Gasteiger partial charge is 0.372 e. The molecule has 6 nitrogen and oxygen atoms in total. The van der Waals surface area contributed by atoms with E-state index in [-0.39, 0.29) is 17.5 Å². The van der Waals surface area contributed by atoms with Crippen molar-refractivity contribution in [3.8, 4) is 0 Å². The molecule has 0 spiro atoms. The van der Waals surface area contributed by atoms with E-state index in [0.717, 1.165) is 18.8 Å². The summed E-state index contributed by atoms with van der Waals surface area (Å²) in [6, 6.07) is 10.8. The smallest absolute Gasteiger partial charge is 0.274 e. The fourth-order valence-corrected chi connectivity index (χ4v) is 2.63. The van der Waals surface area contributed by atoms with Crippen molar-refractivity contribution < 1.29 is 9.59 Å². The normalized spacial score (nSPS) is 10.6. The molecule has 1 aromatic carbocycles. The van der Waals surface area contributed by atoms with Crippen molar-refractivity contribution >= 4 is 23.2 Å². The van der Waals surface area contributed by atoms with Gasteiger partial charge < -0.3 is 15.5 Å². The summed E-state index contributed by atoms with van der Waals surface area (Å²) in [4.78, 5) is 30.9. The number of benzene rings is 1. The number of nitrogens with zero attached hydrogens (tertiary/aromatic N) is 2. The van der Waals surface area contributed by atoms with Gasteiger partial charge in [-0.15, -0.1) is 0 Å². The second-order valence-corrected chi connectivity index (χ2v) is 6.71. The molecule has 0 radical (unpaired) electrons. The van der Waals surface area contributed by atoms with Crippen LogP contribution in [0.25, 0.3) is 0 Å². The molecule has 144 valence electrons. The minimum Gasteiger partial charge on any atom is -0.372 e. The van der Waals surface area contributed by atoms with Gasteiger partial charge >= 0.3 is 0 Å². The molecule has 0 unspecified atom stereocenters. The molecule has 2 N–H and O–H groups in total. The molecule has 1 aromatic heterocycles. The summed E-state index contributed by atoms with van der Waals surface area (Å²) in [7, 11) is 0. The molecule has 0 atom stereocenters. The molecule has 0 bridgehead atoms. The molecule has 27 heavy (non-hydrogen) atoms. The van der Waals surface area contributed by atoms with Crippen molar-refractivity contribution in [1.82, 2.24) is 10.3 Å². The summed E-state index contributed by atoms with van der Waals surface area (Å²) in [5.41, 5.74) is 2.43. The van der Waals surface area contributed by atoms with Crippen LogP contribution < -0.4 is 15.5 Å². The fraction of sp³-hybridized carbons (Fsp3) is 0.381. The molecule has 1 heterocycles. The van der Waals surface area contributed by atoms with E-state index in [1.165, 1.54) is 12.3 Å². The predicted octanol–water partition coefficient (Wildman–Crippen LogP) is 3.57. The highest BCUT2D eigenvalue weighted by Crippen LogP contribution is 2.18. The van der Waals surface area contributed by atoms with Crippen LogP contribution in [0.5, 0.6) is 0 Å². The van der Waals surface area contributed by atoms with Gasteiger partial charge in [0, 0.05) is 42.8 Å². The van der Waals surface area contributed by atoms with E-state index in [1.54, 1.807) is 6.07 Å². The van der Waals surface area contributed by atoms with Crippen LogP contribution in [0.1, 0.15) is 48.5 Å². The first-order chi connectivity index (χ1) is 12.9. The van der Waals surface area contributed by atoms with Crippen LogP contribution in [0.2, 0.25) is 0 Å². The first kappa shape index (κ1) is 20.4. The molecule has 0 aliphatic carbocycles. The number of hydrogen-bond donors (Lipinski definition) is 2. The highest BCUT2D eigenvalue weighted by atomic mass is 16.2. The first-order valence-electron chi connectivity index (χ1n) is 9.35. The van der Waals surface area contributed by atoms with Crippen LogP contribution in [0.4, 0.5) is 11.4 Å². The van der Waals surface area contributed by atoms with Gasteiger partial charge in [0.2, 0.25) is 0 Å². The van der Waals surface area contributed by atoms with Gasteiger partial charge in [-0.1, -0.05) is 13.8 Å². The van der Waals surface area contributed by atoms with Crippen molar-refractivity contribution in [2.75, 3.05) is 29.9 Å². The first-order valence-corrected chi connectivity index (χ1v) is 9.35. The second-order valence-electron chi connectivity index (χ2n) is 6.71. The van der Waals surface area contributed by atoms with E-state index in [2.05, 4.69) is 34.4 Å². The molecular weight excluding hydrogens is 340 g/mol. The molecule has 6 heteroatoms. The summed E-state index contributed by atoms with van der Waals surface area (Å²) in [6.07, 6.45) is 1.47. The standard InChI is InChI=1S/C21H28N4O2/c1-5-25(6-2)18-9-7-17(8-10-18)24-21(27)19-13-16(11-12-22-19)20(26)23-14-15(3)4/h7-13,15H,5-6,14H2,1-4H3,(H,23,26)(H,24,27). The number of pyridine rings is 1. The number of rotatable bonds is 8. The Morgan fingerprint density at radius 3 is 2.30 bits per heavy atom. The van der Waals surface area contributed by atoms with Crippen LogP contribution in [0, 0.1) is 5.92 Å². The average molecular weight is 368 g/mol. The minimum absolute atomic E-state index is 0.205. The van der Waals surface area contributed by atoms with Gasteiger partial charge in [0.15, 0.2) is 0 Å². The Labute approximate surface area is 161 Å². The molecule has 2 amide bonds. The molecule has 0 saturated heterocycles. The molecular formula is C21H28N4O2. The van der Waals surface area contributed by atoms with Gasteiger partial charge in [-0.05, 0) is 56.2 Å². The van der Waals surface area contributed by atoms with E-state index in [4.69, 9.17) is 0 Å². The van der Waals surface area contributed by atoms with E-state index in [0.29, 0.717) is 23.7 Å². The maximum absolute atomic E-state index is 12.5. The topological polar surface area (TPSA) is 74.3 Å². The monoisotopic (exact) mass is 368 g/mol. The van der Waals surface area contributed by atoms with Crippen molar-refractivity contribution in [2.45, 2.75) is 27.7 Å². The third-order valence-electron chi connectivity index (χ3n) is 4.18. The van der Waals surface area contributed by atoms with Gasteiger partial charge in [0.05, 0.1) is 0 Å². The number of aromatic nitrogens is 1. The summed E-state index contributed by atoms with van der Waals surface area (Å²) >= 11 is 0. The van der Waals surface area contributed by atoms with Crippen molar-refractivity contribution in [3.63, 3.8) is 0 Å². The number of carbonyl (C=O) groups excluding carboxylic acids is 2. The van der Waals surface area contributed by atoms with Crippen molar-refractivity contribution in [2.24, 2.45) is 5.92 Å². The fourth-order valence-electron chi connectivity index (χ4n) is 2.63. The lowest BCUT2D eigenvalue weighted by atomic mass is 10.2. The van der Waals surface area contributed by atoms with Gasteiger partial charge in [-0.25, -0.2) is 0 Å². The predicted molar refractivity (Wildman–Crippen MR) is 109 cm³/mol. The number of hydrogen-bond acceptors (Lipinski definition) is 4. The zero-order chi connectivity index (χ0) is 19.8. The minimum atomic E-state index is -0.343. The number of carbonyl (C=O) groups is 2. The van der Waals surface area contributed by atoms with Gasteiger partial charge in [-0.2, -0.15) is 0 Å². The van der Waals surface area contributed by atoms with Crippen molar-refractivity contribution in [1.29, 1.82) is 0 Å². The number of nitrogens with one attached hydrogen (secondary N) is 2. The summed E-state index contributed by atoms with van der Waals surface area (Å²) in [6.45, 7) is 10.7.